The number of aliphatic hydroxyl groups excluding tert-OH is 1. The van der Waals surface area contributed by atoms with Crippen LogP contribution in [0.25, 0.3) is 0 Å². The highest BCUT2D eigenvalue weighted by Gasteiger charge is 2.27. The SMILES string of the molecule is CC(CC(C)(C)c1ccccc1)NC1CCCCCC1O. The smallest absolute Gasteiger partial charge is 0.0693 e. The van der Waals surface area contributed by atoms with Gasteiger partial charge in [-0.1, -0.05) is 63.4 Å². The minimum absolute atomic E-state index is 0.156. The molecular formula is C19H31NO. The molecule has 2 N–H and O–H groups in total. The Morgan fingerprint density at radius 3 is 2.52 bits per heavy atom. The summed E-state index contributed by atoms with van der Waals surface area (Å²) in [6.07, 6.45) is 6.64. The molecule has 1 fully saturated rings. The van der Waals surface area contributed by atoms with Crippen molar-refractivity contribution in [2.24, 2.45) is 0 Å². The van der Waals surface area contributed by atoms with Gasteiger partial charge < -0.3 is 10.4 Å². The van der Waals surface area contributed by atoms with E-state index in [9.17, 15) is 5.11 Å². The molecule has 21 heavy (non-hydrogen) atoms. The Hall–Kier alpha value is -0.860. The molecule has 118 valence electrons. The highest BCUT2D eigenvalue weighted by Crippen LogP contribution is 2.29. The summed E-state index contributed by atoms with van der Waals surface area (Å²) in [6.45, 7) is 6.87. The highest BCUT2D eigenvalue weighted by atomic mass is 16.3. The maximum atomic E-state index is 10.3. The summed E-state index contributed by atoms with van der Waals surface area (Å²) in [4.78, 5) is 0. The van der Waals surface area contributed by atoms with Gasteiger partial charge in [-0.3, -0.25) is 0 Å². The third-order valence-corrected chi connectivity index (χ3v) is 4.85. The second-order valence-electron chi connectivity index (χ2n) is 7.33. The lowest BCUT2D eigenvalue weighted by Gasteiger charge is -2.32. The molecule has 2 rings (SSSR count). The van der Waals surface area contributed by atoms with Gasteiger partial charge in [-0.25, -0.2) is 0 Å². The van der Waals surface area contributed by atoms with E-state index in [-0.39, 0.29) is 17.6 Å². The maximum absolute atomic E-state index is 10.3. The second-order valence-corrected chi connectivity index (χ2v) is 7.33. The number of benzene rings is 1. The van der Waals surface area contributed by atoms with Gasteiger partial charge >= 0.3 is 0 Å². The van der Waals surface area contributed by atoms with Gasteiger partial charge in [-0.2, -0.15) is 0 Å². The van der Waals surface area contributed by atoms with Crippen molar-refractivity contribution >= 4 is 0 Å². The Balaban J connectivity index is 1.92. The predicted octanol–water partition coefficient (Wildman–Crippen LogP) is 4.03. The molecule has 0 aromatic heterocycles. The van der Waals surface area contributed by atoms with Crippen molar-refractivity contribution in [3.8, 4) is 0 Å². The molecule has 1 aliphatic carbocycles. The predicted molar refractivity (Wildman–Crippen MR) is 89.6 cm³/mol. The minimum atomic E-state index is -0.171. The number of hydrogen-bond donors (Lipinski definition) is 2. The van der Waals surface area contributed by atoms with Crippen LogP contribution >= 0.6 is 0 Å². The van der Waals surface area contributed by atoms with E-state index in [0.717, 1.165) is 19.3 Å². The number of nitrogens with one attached hydrogen (secondary N) is 1. The number of aliphatic hydroxyl groups is 1. The summed E-state index contributed by atoms with van der Waals surface area (Å²) in [5, 5.41) is 13.9. The first-order valence-electron chi connectivity index (χ1n) is 8.49. The zero-order chi connectivity index (χ0) is 15.3. The molecule has 1 aromatic rings. The first-order valence-corrected chi connectivity index (χ1v) is 8.49. The molecule has 1 saturated carbocycles. The molecule has 0 aliphatic heterocycles. The van der Waals surface area contributed by atoms with Gasteiger partial charge in [-0.15, -0.1) is 0 Å². The third kappa shape index (κ3) is 4.82. The first-order chi connectivity index (χ1) is 9.99. The standard InChI is InChI=1S/C19H31NO/c1-15(20-17-12-8-5-9-13-18(17)21)14-19(2,3)16-10-6-4-7-11-16/h4,6-7,10-11,15,17-18,20-21H,5,8-9,12-14H2,1-3H3. The number of hydrogen-bond acceptors (Lipinski definition) is 2. The van der Waals surface area contributed by atoms with E-state index < -0.39 is 0 Å². The summed E-state index contributed by atoms with van der Waals surface area (Å²) in [5.41, 5.74) is 1.55. The highest BCUT2D eigenvalue weighted by molar-refractivity contribution is 5.23. The van der Waals surface area contributed by atoms with Crippen LogP contribution in [0.4, 0.5) is 0 Å². The Morgan fingerprint density at radius 2 is 1.81 bits per heavy atom. The van der Waals surface area contributed by atoms with Crippen molar-refractivity contribution in [1.29, 1.82) is 0 Å². The largest absolute Gasteiger partial charge is 0.392 e. The molecule has 2 nitrogen and oxygen atoms in total. The van der Waals surface area contributed by atoms with Gasteiger partial charge in [0.15, 0.2) is 0 Å². The Kier molecular flexibility index (Phi) is 5.83. The van der Waals surface area contributed by atoms with Crippen molar-refractivity contribution < 1.29 is 5.11 Å². The van der Waals surface area contributed by atoms with Crippen LogP contribution in [-0.2, 0) is 5.41 Å². The van der Waals surface area contributed by atoms with Crippen LogP contribution in [0.5, 0.6) is 0 Å². The van der Waals surface area contributed by atoms with Gasteiger partial charge in [0, 0.05) is 12.1 Å². The normalized spacial score (nSPS) is 25.3. The molecule has 3 atom stereocenters. The summed E-state index contributed by atoms with van der Waals surface area (Å²) in [5.74, 6) is 0. The van der Waals surface area contributed by atoms with Crippen molar-refractivity contribution in [1.82, 2.24) is 5.32 Å². The molecule has 1 aromatic carbocycles. The Bertz CT molecular complexity index is 415. The van der Waals surface area contributed by atoms with E-state index in [1.807, 2.05) is 0 Å². The lowest BCUT2D eigenvalue weighted by Crippen LogP contribution is -2.45. The van der Waals surface area contributed by atoms with Gasteiger partial charge in [-0.05, 0) is 37.2 Å². The first kappa shape index (κ1) is 16.5. The average Bonchev–Trinajstić information content (AvgIpc) is 2.64. The molecule has 3 unspecified atom stereocenters. The van der Waals surface area contributed by atoms with Crippen molar-refractivity contribution in [2.75, 3.05) is 0 Å². The Labute approximate surface area is 130 Å². The van der Waals surface area contributed by atoms with Gasteiger partial charge in [0.25, 0.3) is 0 Å². The molecule has 0 amide bonds. The molecule has 0 spiro atoms. The van der Waals surface area contributed by atoms with E-state index in [1.54, 1.807) is 0 Å². The molecular weight excluding hydrogens is 258 g/mol. The van der Waals surface area contributed by atoms with Crippen LogP contribution in [0.1, 0.15) is 64.9 Å². The molecule has 0 radical (unpaired) electrons. The van der Waals surface area contributed by atoms with E-state index in [1.165, 1.54) is 24.8 Å². The van der Waals surface area contributed by atoms with Crippen LogP contribution < -0.4 is 5.32 Å². The van der Waals surface area contributed by atoms with Crippen LogP contribution in [0.3, 0.4) is 0 Å². The van der Waals surface area contributed by atoms with Gasteiger partial charge in [0.2, 0.25) is 0 Å². The molecule has 0 heterocycles. The lowest BCUT2D eigenvalue weighted by atomic mass is 9.79. The van der Waals surface area contributed by atoms with Crippen molar-refractivity contribution in [3.05, 3.63) is 35.9 Å². The Morgan fingerprint density at radius 1 is 1.14 bits per heavy atom. The average molecular weight is 289 g/mol. The summed E-state index contributed by atoms with van der Waals surface area (Å²) < 4.78 is 0. The fourth-order valence-electron chi connectivity index (χ4n) is 3.68. The topological polar surface area (TPSA) is 32.3 Å². The van der Waals surface area contributed by atoms with Gasteiger partial charge in [0.1, 0.15) is 0 Å². The summed E-state index contributed by atoms with van der Waals surface area (Å²) >= 11 is 0. The van der Waals surface area contributed by atoms with E-state index in [0.29, 0.717) is 6.04 Å². The van der Waals surface area contributed by atoms with Gasteiger partial charge in [0.05, 0.1) is 6.10 Å². The minimum Gasteiger partial charge on any atom is -0.392 e. The fraction of sp³-hybridized carbons (Fsp3) is 0.684. The van der Waals surface area contributed by atoms with E-state index >= 15 is 0 Å². The van der Waals surface area contributed by atoms with Crippen LogP contribution in [0.15, 0.2) is 30.3 Å². The second kappa shape index (κ2) is 7.42. The van der Waals surface area contributed by atoms with Crippen LogP contribution in [-0.4, -0.2) is 23.3 Å². The number of rotatable bonds is 5. The quantitative estimate of drug-likeness (QED) is 0.802. The van der Waals surface area contributed by atoms with Crippen LogP contribution in [0.2, 0.25) is 0 Å². The van der Waals surface area contributed by atoms with E-state index in [2.05, 4.69) is 56.4 Å². The summed E-state index contributed by atoms with van der Waals surface area (Å²) in [7, 11) is 0. The molecule has 1 aliphatic rings. The van der Waals surface area contributed by atoms with E-state index in [4.69, 9.17) is 0 Å². The monoisotopic (exact) mass is 289 g/mol. The maximum Gasteiger partial charge on any atom is 0.0693 e. The fourth-order valence-corrected chi connectivity index (χ4v) is 3.68. The zero-order valence-electron chi connectivity index (χ0n) is 13.8. The molecule has 0 saturated heterocycles. The zero-order valence-corrected chi connectivity index (χ0v) is 13.8. The van der Waals surface area contributed by atoms with Crippen LogP contribution in [0, 0.1) is 0 Å². The molecule has 0 bridgehead atoms. The third-order valence-electron chi connectivity index (χ3n) is 4.85. The molecule has 2 heteroatoms. The van der Waals surface area contributed by atoms with Crippen molar-refractivity contribution in [2.45, 2.75) is 82.9 Å². The summed E-state index contributed by atoms with van der Waals surface area (Å²) in [6, 6.07) is 11.4. The lowest BCUT2D eigenvalue weighted by molar-refractivity contribution is 0.112. The van der Waals surface area contributed by atoms with Crippen molar-refractivity contribution in [3.63, 3.8) is 0 Å².